The molecule has 130 valence electrons. The number of nitro benzene ring substituents is 1. The zero-order valence-electron chi connectivity index (χ0n) is 12.4. The lowest BCUT2D eigenvalue weighted by Crippen LogP contribution is -2.21. The van der Waals surface area contributed by atoms with Crippen LogP contribution in [0.4, 0.5) is 15.8 Å². The minimum Gasteiger partial charge on any atom is -0.507 e. The maximum atomic E-state index is 13.6. The van der Waals surface area contributed by atoms with Crippen molar-refractivity contribution in [1.29, 1.82) is 0 Å². The molecular formula is C15H10FIN2O6. The number of carbonyl (C=O) groups is 2. The molecule has 1 amide bonds. The normalized spacial score (nSPS) is 10.2. The molecule has 0 fully saturated rings. The number of benzene rings is 2. The highest BCUT2D eigenvalue weighted by molar-refractivity contribution is 14.1. The molecule has 10 heteroatoms. The van der Waals surface area contributed by atoms with Crippen LogP contribution in [0.5, 0.6) is 5.75 Å². The van der Waals surface area contributed by atoms with E-state index in [0.29, 0.717) is 3.57 Å². The molecule has 0 saturated heterocycles. The van der Waals surface area contributed by atoms with Crippen LogP contribution in [0.1, 0.15) is 10.4 Å². The molecule has 0 saturated carbocycles. The van der Waals surface area contributed by atoms with Gasteiger partial charge in [0.2, 0.25) is 0 Å². The van der Waals surface area contributed by atoms with Crippen molar-refractivity contribution >= 4 is 45.8 Å². The Bertz CT molecular complexity index is 858. The van der Waals surface area contributed by atoms with Crippen LogP contribution in [0.2, 0.25) is 0 Å². The van der Waals surface area contributed by atoms with Crippen LogP contribution < -0.4 is 5.32 Å². The molecule has 0 bridgehead atoms. The Hall–Kier alpha value is -2.76. The summed E-state index contributed by atoms with van der Waals surface area (Å²) in [6.45, 7) is -0.758. The summed E-state index contributed by atoms with van der Waals surface area (Å²) in [5.74, 6) is -3.01. The molecule has 0 atom stereocenters. The van der Waals surface area contributed by atoms with Gasteiger partial charge in [-0.1, -0.05) is 0 Å². The number of esters is 1. The SMILES string of the molecule is O=C(COC(=O)c1cc(I)ccc1O)Nc1cc([N+](=O)[O-])ccc1F. The molecule has 0 aliphatic heterocycles. The van der Waals surface area contributed by atoms with E-state index in [9.17, 15) is 29.2 Å². The molecule has 0 spiro atoms. The van der Waals surface area contributed by atoms with Gasteiger partial charge in [0.15, 0.2) is 6.61 Å². The number of ether oxygens (including phenoxy) is 1. The van der Waals surface area contributed by atoms with Crippen molar-refractivity contribution in [3.8, 4) is 5.75 Å². The number of nitrogens with one attached hydrogen (secondary N) is 1. The van der Waals surface area contributed by atoms with E-state index < -0.39 is 40.6 Å². The Labute approximate surface area is 153 Å². The van der Waals surface area contributed by atoms with Gasteiger partial charge in [0.1, 0.15) is 17.1 Å². The van der Waals surface area contributed by atoms with Crippen LogP contribution in [0.3, 0.4) is 0 Å². The van der Waals surface area contributed by atoms with Crippen molar-refractivity contribution in [3.63, 3.8) is 0 Å². The first-order chi connectivity index (χ1) is 11.8. The van der Waals surface area contributed by atoms with E-state index in [2.05, 4.69) is 5.32 Å². The number of nitro groups is 1. The minimum absolute atomic E-state index is 0.124. The number of nitrogens with zero attached hydrogens (tertiary/aromatic N) is 1. The second kappa shape index (κ2) is 7.88. The second-order valence-electron chi connectivity index (χ2n) is 4.71. The van der Waals surface area contributed by atoms with Crippen LogP contribution in [-0.2, 0) is 9.53 Å². The van der Waals surface area contributed by atoms with E-state index in [1.165, 1.54) is 12.1 Å². The number of halogens is 2. The van der Waals surface area contributed by atoms with Gasteiger partial charge >= 0.3 is 5.97 Å². The third kappa shape index (κ3) is 4.86. The number of phenolic OH excluding ortho intramolecular Hbond substituents is 1. The third-order valence-corrected chi connectivity index (χ3v) is 3.62. The lowest BCUT2D eigenvalue weighted by molar-refractivity contribution is -0.384. The molecule has 0 unspecified atom stereocenters. The molecule has 25 heavy (non-hydrogen) atoms. The van der Waals surface area contributed by atoms with E-state index >= 15 is 0 Å². The van der Waals surface area contributed by atoms with Crippen molar-refractivity contribution in [2.45, 2.75) is 0 Å². The molecule has 0 aliphatic rings. The lowest BCUT2D eigenvalue weighted by Gasteiger charge is -2.08. The first-order valence-corrected chi connectivity index (χ1v) is 7.75. The van der Waals surface area contributed by atoms with Gasteiger partial charge in [0, 0.05) is 15.7 Å². The average molecular weight is 460 g/mol. The third-order valence-electron chi connectivity index (χ3n) is 2.95. The summed E-state index contributed by atoms with van der Waals surface area (Å²) < 4.78 is 19.0. The predicted octanol–water partition coefficient (Wildman–Crippen LogP) is 2.84. The van der Waals surface area contributed by atoms with E-state index in [4.69, 9.17) is 4.74 Å². The maximum absolute atomic E-state index is 13.6. The average Bonchev–Trinajstić information content (AvgIpc) is 2.56. The molecule has 0 heterocycles. The standard InChI is InChI=1S/C15H10FIN2O6/c16-11-3-2-9(19(23)24)6-12(11)18-14(21)7-25-15(22)10-5-8(17)1-4-13(10)20/h1-6,20H,7H2,(H,18,21). The Kier molecular flexibility index (Phi) is 5.85. The fraction of sp³-hybridized carbons (Fsp3) is 0.0667. The quantitative estimate of drug-likeness (QED) is 0.307. The van der Waals surface area contributed by atoms with Gasteiger partial charge in [-0.25, -0.2) is 9.18 Å². The fourth-order valence-electron chi connectivity index (χ4n) is 1.79. The van der Waals surface area contributed by atoms with Gasteiger partial charge in [-0.2, -0.15) is 0 Å². The number of amides is 1. The summed E-state index contributed by atoms with van der Waals surface area (Å²) in [7, 11) is 0. The zero-order chi connectivity index (χ0) is 18.6. The van der Waals surface area contributed by atoms with Gasteiger partial charge in [0.05, 0.1) is 10.6 Å². The Morgan fingerprint density at radius 2 is 2.00 bits per heavy atom. The molecule has 0 aliphatic carbocycles. The van der Waals surface area contributed by atoms with E-state index in [1.54, 1.807) is 6.07 Å². The van der Waals surface area contributed by atoms with Crippen molar-refractivity contribution < 1.29 is 28.7 Å². The number of anilines is 1. The molecule has 0 aromatic heterocycles. The van der Waals surface area contributed by atoms with Crippen LogP contribution in [-0.4, -0.2) is 28.5 Å². The summed E-state index contributed by atoms with van der Waals surface area (Å²) in [4.78, 5) is 33.5. The molecule has 2 N–H and O–H groups in total. The summed E-state index contributed by atoms with van der Waals surface area (Å²) >= 11 is 1.93. The lowest BCUT2D eigenvalue weighted by atomic mass is 10.2. The summed E-state index contributed by atoms with van der Waals surface area (Å²) in [6, 6.07) is 6.88. The molecule has 2 rings (SSSR count). The topological polar surface area (TPSA) is 119 Å². The van der Waals surface area contributed by atoms with E-state index in [0.717, 1.165) is 18.2 Å². The summed E-state index contributed by atoms with van der Waals surface area (Å²) in [5.41, 5.74) is -0.939. The van der Waals surface area contributed by atoms with Gasteiger partial charge in [0.25, 0.3) is 11.6 Å². The summed E-state index contributed by atoms with van der Waals surface area (Å²) in [6.07, 6.45) is 0. The second-order valence-corrected chi connectivity index (χ2v) is 5.95. The Balaban J connectivity index is 2.01. The first kappa shape index (κ1) is 18.6. The van der Waals surface area contributed by atoms with Crippen molar-refractivity contribution in [3.05, 3.63) is 61.5 Å². The highest BCUT2D eigenvalue weighted by Crippen LogP contribution is 2.22. The predicted molar refractivity (Wildman–Crippen MR) is 92.8 cm³/mol. The Morgan fingerprint density at radius 3 is 2.68 bits per heavy atom. The Morgan fingerprint density at radius 1 is 1.28 bits per heavy atom. The molecule has 2 aromatic carbocycles. The number of aromatic hydroxyl groups is 1. The van der Waals surface area contributed by atoms with E-state index in [1.807, 2.05) is 22.6 Å². The van der Waals surface area contributed by atoms with Crippen molar-refractivity contribution in [1.82, 2.24) is 0 Å². The van der Waals surface area contributed by atoms with Crippen LogP contribution in [0.25, 0.3) is 0 Å². The molecule has 8 nitrogen and oxygen atoms in total. The maximum Gasteiger partial charge on any atom is 0.342 e. The number of non-ortho nitro benzene ring substituents is 1. The van der Waals surface area contributed by atoms with Gasteiger partial charge in [-0.05, 0) is 46.9 Å². The van der Waals surface area contributed by atoms with Gasteiger partial charge in [-0.15, -0.1) is 0 Å². The van der Waals surface area contributed by atoms with Crippen LogP contribution >= 0.6 is 22.6 Å². The zero-order valence-corrected chi connectivity index (χ0v) is 14.5. The monoisotopic (exact) mass is 460 g/mol. The minimum atomic E-state index is -0.939. The van der Waals surface area contributed by atoms with Crippen molar-refractivity contribution in [2.75, 3.05) is 11.9 Å². The molecule has 0 radical (unpaired) electrons. The number of carbonyl (C=O) groups excluding carboxylic acids is 2. The largest absolute Gasteiger partial charge is 0.507 e. The molecular weight excluding hydrogens is 450 g/mol. The number of hydrogen-bond acceptors (Lipinski definition) is 6. The fourth-order valence-corrected chi connectivity index (χ4v) is 2.28. The van der Waals surface area contributed by atoms with Gasteiger partial charge < -0.3 is 15.2 Å². The van der Waals surface area contributed by atoms with E-state index in [-0.39, 0.29) is 11.3 Å². The van der Waals surface area contributed by atoms with Gasteiger partial charge in [-0.3, -0.25) is 14.9 Å². The summed E-state index contributed by atoms with van der Waals surface area (Å²) in [5, 5.41) is 22.3. The van der Waals surface area contributed by atoms with Crippen molar-refractivity contribution in [2.24, 2.45) is 0 Å². The van der Waals surface area contributed by atoms with Crippen LogP contribution in [0.15, 0.2) is 36.4 Å². The van der Waals surface area contributed by atoms with Crippen LogP contribution in [0, 0.1) is 19.5 Å². The highest BCUT2D eigenvalue weighted by atomic mass is 127. The number of rotatable bonds is 5. The number of phenols is 1. The smallest absolute Gasteiger partial charge is 0.342 e. The highest BCUT2D eigenvalue weighted by Gasteiger charge is 2.17. The first-order valence-electron chi connectivity index (χ1n) is 6.67. The number of hydrogen-bond donors (Lipinski definition) is 2. The molecule has 2 aromatic rings.